The summed E-state index contributed by atoms with van der Waals surface area (Å²) in [5.74, 6) is -0.124. The summed E-state index contributed by atoms with van der Waals surface area (Å²) in [5, 5.41) is 19.3. The lowest BCUT2D eigenvalue weighted by molar-refractivity contribution is -0.154. The Kier molecular flexibility index (Phi) is 2.89. The largest absolute Gasteiger partial charge is 0.478 e. The van der Waals surface area contributed by atoms with Crippen LogP contribution < -0.4 is 0 Å². The van der Waals surface area contributed by atoms with Crippen LogP contribution in [0.25, 0.3) is 0 Å². The van der Waals surface area contributed by atoms with Crippen molar-refractivity contribution >= 4 is 5.97 Å². The van der Waals surface area contributed by atoms with E-state index in [0.29, 0.717) is 16.9 Å². The Morgan fingerprint density at radius 1 is 1.15 bits per heavy atom. The molecule has 20 heavy (non-hydrogen) atoms. The fourth-order valence-electron chi connectivity index (χ4n) is 6.29. The SMILES string of the molecule is CC(C(=O)O)=C(C)C12CC3CC(C)(CC(CO)(C3)C1)C2. The number of carbonyl (C=O) groups is 1. The first-order valence-corrected chi connectivity index (χ1v) is 7.75. The number of hydrogen-bond acceptors (Lipinski definition) is 2. The Morgan fingerprint density at radius 3 is 2.40 bits per heavy atom. The third kappa shape index (κ3) is 1.86. The van der Waals surface area contributed by atoms with Crippen LogP contribution in [0.15, 0.2) is 11.1 Å². The molecular formula is C17H26O3. The first-order valence-electron chi connectivity index (χ1n) is 7.75. The predicted octanol–water partition coefficient (Wildman–Crippen LogP) is 3.38. The summed E-state index contributed by atoms with van der Waals surface area (Å²) in [4.78, 5) is 11.4. The van der Waals surface area contributed by atoms with Crippen LogP contribution in [-0.4, -0.2) is 22.8 Å². The fourth-order valence-corrected chi connectivity index (χ4v) is 6.29. The standard InChI is InChI=1S/C17H26O3/c1-11(14(19)20)12(2)17-6-13-4-15(3,8-17)7-16(5-13,9-17)10-18/h13,18H,4-10H2,1-3H3,(H,19,20). The highest BCUT2D eigenvalue weighted by Gasteiger charge is 2.62. The van der Waals surface area contributed by atoms with Crippen molar-refractivity contribution in [3.8, 4) is 0 Å². The Bertz CT molecular complexity index is 494. The molecule has 2 N–H and O–H groups in total. The summed E-state index contributed by atoms with van der Waals surface area (Å²) >= 11 is 0. The quantitative estimate of drug-likeness (QED) is 0.778. The van der Waals surface area contributed by atoms with Gasteiger partial charge in [0.25, 0.3) is 0 Å². The maximum atomic E-state index is 11.4. The van der Waals surface area contributed by atoms with Crippen LogP contribution in [0, 0.1) is 22.2 Å². The van der Waals surface area contributed by atoms with E-state index in [4.69, 9.17) is 0 Å². The summed E-state index contributed by atoms with van der Waals surface area (Å²) in [6.07, 6.45) is 6.73. The maximum Gasteiger partial charge on any atom is 0.331 e. The van der Waals surface area contributed by atoms with Gasteiger partial charge in [-0.2, -0.15) is 0 Å². The van der Waals surface area contributed by atoms with Crippen LogP contribution in [0.3, 0.4) is 0 Å². The molecule has 4 bridgehead atoms. The summed E-state index contributed by atoms with van der Waals surface area (Å²) in [7, 11) is 0. The third-order valence-corrected chi connectivity index (χ3v) is 6.48. The predicted molar refractivity (Wildman–Crippen MR) is 77.3 cm³/mol. The second-order valence-corrected chi connectivity index (χ2v) is 8.31. The van der Waals surface area contributed by atoms with E-state index in [1.165, 1.54) is 6.42 Å². The van der Waals surface area contributed by atoms with E-state index in [1.54, 1.807) is 6.92 Å². The zero-order valence-electron chi connectivity index (χ0n) is 12.8. The number of hydrogen-bond donors (Lipinski definition) is 2. The van der Waals surface area contributed by atoms with E-state index in [1.807, 2.05) is 6.92 Å². The molecule has 0 radical (unpaired) electrons. The molecule has 0 aromatic carbocycles. The molecule has 0 aromatic heterocycles. The molecule has 4 rings (SSSR count). The average molecular weight is 278 g/mol. The van der Waals surface area contributed by atoms with Crippen LogP contribution in [0.5, 0.6) is 0 Å². The van der Waals surface area contributed by atoms with Crippen LogP contribution in [0.2, 0.25) is 0 Å². The molecule has 0 saturated heterocycles. The van der Waals surface area contributed by atoms with Crippen molar-refractivity contribution in [2.24, 2.45) is 22.2 Å². The van der Waals surface area contributed by atoms with Gasteiger partial charge >= 0.3 is 5.97 Å². The molecule has 4 atom stereocenters. The van der Waals surface area contributed by atoms with E-state index in [-0.39, 0.29) is 17.4 Å². The van der Waals surface area contributed by atoms with Gasteiger partial charge in [0.2, 0.25) is 0 Å². The smallest absolute Gasteiger partial charge is 0.331 e. The first kappa shape index (κ1) is 14.1. The molecular weight excluding hydrogens is 252 g/mol. The van der Waals surface area contributed by atoms with Gasteiger partial charge < -0.3 is 10.2 Å². The maximum absolute atomic E-state index is 11.4. The molecule has 0 aromatic rings. The Hall–Kier alpha value is -0.830. The number of carboxylic acids is 1. The normalized spacial score (nSPS) is 47.3. The number of aliphatic hydroxyl groups is 1. The van der Waals surface area contributed by atoms with Crippen molar-refractivity contribution in [2.45, 2.75) is 59.3 Å². The summed E-state index contributed by atoms with van der Waals surface area (Å²) < 4.78 is 0. The molecule has 0 aliphatic heterocycles. The molecule has 4 aliphatic rings. The van der Waals surface area contributed by atoms with Gasteiger partial charge in [-0.1, -0.05) is 12.5 Å². The van der Waals surface area contributed by atoms with E-state index >= 15 is 0 Å². The molecule has 4 fully saturated rings. The summed E-state index contributed by atoms with van der Waals surface area (Å²) in [5.41, 5.74) is 1.96. The molecule has 0 spiro atoms. The van der Waals surface area contributed by atoms with Crippen molar-refractivity contribution in [1.29, 1.82) is 0 Å². The van der Waals surface area contributed by atoms with Crippen molar-refractivity contribution in [3.63, 3.8) is 0 Å². The van der Waals surface area contributed by atoms with Gasteiger partial charge in [-0.3, -0.25) is 0 Å². The zero-order chi connectivity index (χ0) is 14.8. The number of aliphatic hydroxyl groups excluding tert-OH is 1. The summed E-state index contributed by atoms with van der Waals surface area (Å²) in [6.45, 7) is 6.37. The number of rotatable bonds is 3. The van der Waals surface area contributed by atoms with Crippen molar-refractivity contribution in [2.75, 3.05) is 6.61 Å². The minimum atomic E-state index is -0.790. The Labute approximate surface area is 121 Å². The number of aliphatic carboxylic acids is 1. The zero-order valence-corrected chi connectivity index (χ0v) is 12.8. The van der Waals surface area contributed by atoms with Crippen molar-refractivity contribution in [1.82, 2.24) is 0 Å². The first-order chi connectivity index (χ1) is 9.23. The molecule has 3 heteroatoms. The molecule has 4 saturated carbocycles. The molecule has 0 heterocycles. The van der Waals surface area contributed by atoms with Gasteiger partial charge in [-0.05, 0) is 74.5 Å². The van der Waals surface area contributed by atoms with Gasteiger partial charge in [0.1, 0.15) is 0 Å². The molecule has 4 unspecified atom stereocenters. The Morgan fingerprint density at radius 2 is 1.85 bits per heavy atom. The highest BCUT2D eigenvalue weighted by Crippen LogP contribution is 2.71. The van der Waals surface area contributed by atoms with Crippen LogP contribution in [-0.2, 0) is 4.79 Å². The number of allylic oxidation sites excluding steroid dienone is 1. The van der Waals surface area contributed by atoms with Gasteiger partial charge in [-0.25, -0.2) is 4.79 Å². The van der Waals surface area contributed by atoms with Crippen molar-refractivity contribution in [3.05, 3.63) is 11.1 Å². The van der Waals surface area contributed by atoms with E-state index < -0.39 is 5.97 Å². The van der Waals surface area contributed by atoms with Crippen LogP contribution in [0.4, 0.5) is 0 Å². The molecule has 3 nitrogen and oxygen atoms in total. The second kappa shape index (κ2) is 4.09. The van der Waals surface area contributed by atoms with Gasteiger partial charge in [0, 0.05) is 12.2 Å². The molecule has 112 valence electrons. The number of carboxylic acid groups (broad SMARTS) is 1. The van der Waals surface area contributed by atoms with Crippen LogP contribution >= 0.6 is 0 Å². The van der Waals surface area contributed by atoms with Crippen LogP contribution in [0.1, 0.15) is 59.3 Å². The monoisotopic (exact) mass is 278 g/mol. The van der Waals surface area contributed by atoms with E-state index in [2.05, 4.69) is 6.92 Å². The summed E-state index contributed by atoms with van der Waals surface area (Å²) in [6, 6.07) is 0. The lowest BCUT2D eigenvalue weighted by atomic mass is 9.39. The molecule has 0 amide bonds. The van der Waals surface area contributed by atoms with E-state index in [0.717, 1.165) is 37.7 Å². The third-order valence-electron chi connectivity index (χ3n) is 6.48. The van der Waals surface area contributed by atoms with E-state index in [9.17, 15) is 15.0 Å². The lowest BCUT2D eigenvalue weighted by Gasteiger charge is -2.66. The highest BCUT2D eigenvalue weighted by molar-refractivity contribution is 5.87. The second-order valence-electron chi connectivity index (χ2n) is 8.31. The minimum absolute atomic E-state index is 0.0272. The molecule has 4 aliphatic carbocycles. The topological polar surface area (TPSA) is 57.5 Å². The minimum Gasteiger partial charge on any atom is -0.478 e. The van der Waals surface area contributed by atoms with Gasteiger partial charge in [-0.15, -0.1) is 0 Å². The lowest BCUT2D eigenvalue weighted by Crippen LogP contribution is -2.57. The average Bonchev–Trinajstić information content (AvgIpc) is 2.34. The van der Waals surface area contributed by atoms with Crippen molar-refractivity contribution < 1.29 is 15.0 Å². The van der Waals surface area contributed by atoms with Gasteiger partial charge in [0.05, 0.1) is 0 Å². The highest BCUT2D eigenvalue weighted by atomic mass is 16.4. The van der Waals surface area contributed by atoms with Gasteiger partial charge in [0.15, 0.2) is 0 Å². The fraction of sp³-hybridized carbons (Fsp3) is 0.824. The Balaban J connectivity index is 2.07.